The highest BCUT2D eigenvalue weighted by Gasteiger charge is 2.36. The zero-order chi connectivity index (χ0) is 23.8. The highest BCUT2D eigenvalue weighted by molar-refractivity contribution is 7.79. The van der Waals surface area contributed by atoms with E-state index in [4.69, 9.17) is 10.7 Å². The van der Waals surface area contributed by atoms with Crippen LogP contribution < -0.4 is 5.73 Å². The van der Waals surface area contributed by atoms with Gasteiger partial charge in [0.2, 0.25) is 5.91 Å². The molecule has 2 fully saturated rings. The van der Waals surface area contributed by atoms with Crippen LogP contribution in [0.25, 0.3) is 11.3 Å². The number of hydrogen-bond acceptors (Lipinski definition) is 6. The number of aromatic nitrogens is 2. The number of rotatable bonds is 8. The van der Waals surface area contributed by atoms with E-state index in [1.165, 1.54) is 12.8 Å². The lowest BCUT2D eigenvalue weighted by Crippen LogP contribution is -2.48. The molecule has 1 saturated carbocycles. The Morgan fingerprint density at radius 2 is 1.64 bits per heavy atom. The van der Waals surface area contributed by atoms with Crippen molar-refractivity contribution < 1.29 is 4.79 Å². The predicted molar refractivity (Wildman–Crippen MR) is 139 cm³/mol. The van der Waals surface area contributed by atoms with Gasteiger partial charge in [0.25, 0.3) is 0 Å². The fraction of sp³-hybridized carbons (Fsp3) is 0.577. The van der Waals surface area contributed by atoms with Crippen LogP contribution in [0.1, 0.15) is 58.1 Å². The van der Waals surface area contributed by atoms with Crippen LogP contribution >= 0.6 is 12.6 Å². The fourth-order valence-corrected chi connectivity index (χ4v) is 4.70. The maximum Gasteiger partial charge on any atom is 0.225 e. The number of thiol groups is 1. The Hall–Kier alpha value is -2.12. The summed E-state index contributed by atoms with van der Waals surface area (Å²) >= 11 is 3.53. The quantitative estimate of drug-likeness (QED) is 0.434. The first-order valence-corrected chi connectivity index (χ1v) is 13.1. The molecule has 2 N–H and O–H groups in total. The van der Waals surface area contributed by atoms with Crippen LogP contribution in [0.15, 0.2) is 36.7 Å². The molecule has 1 amide bonds. The van der Waals surface area contributed by atoms with Crippen LogP contribution in [0.5, 0.6) is 0 Å². The van der Waals surface area contributed by atoms with Crippen LogP contribution in [0.3, 0.4) is 0 Å². The van der Waals surface area contributed by atoms with E-state index in [9.17, 15) is 4.79 Å². The fourth-order valence-electron chi connectivity index (χ4n) is 4.70. The summed E-state index contributed by atoms with van der Waals surface area (Å²) in [6, 6.07) is 8.92. The van der Waals surface area contributed by atoms with E-state index in [0.29, 0.717) is 18.0 Å². The van der Waals surface area contributed by atoms with E-state index in [-0.39, 0.29) is 5.92 Å². The van der Waals surface area contributed by atoms with Crippen molar-refractivity contribution in [3.63, 3.8) is 0 Å². The van der Waals surface area contributed by atoms with Gasteiger partial charge in [-0.3, -0.25) is 19.7 Å². The van der Waals surface area contributed by atoms with Crippen LogP contribution in [-0.4, -0.2) is 57.1 Å². The lowest BCUT2D eigenvalue weighted by Gasteiger charge is -2.39. The molecule has 1 aliphatic heterocycles. The molecule has 2 heterocycles. The number of benzene rings is 1. The van der Waals surface area contributed by atoms with Crippen LogP contribution in [-0.2, 0) is 11.3 Å². The molecule has 1 saturated heterocycles. The Morgan fingerprint density at radius 3 is 2.15 bits per heavy atom. The number of hydrogen-bond donors (Lipinski definition) is 2. The minimum absolute atomic E-state index is 0.186. The third-order valence-corrected chi connectivity index (χ3v) is 6.85. The summed E-state index contributed by atoms with van der Waals surface area (Å²) in [5.41, 5.74) is 9.45. The van der Waals surface area contributed by atoms with E-state index in [1.807, 2.05) is 36.7 Å². The Bertz CT molecular complexity index is 857. The van der Waals surface area contributed by atoms with Gasteiger partial charge in [0.1, 0.15) is 0 Å². The Morgan fingerprint density at radius 1 is 1.03 bits per heavy atom. The van der Waals surface area contributed by atoms with Crippen molar-refractivity contribution in [2.75, 3.05) is 25.1 Å². The van der Waals surface area contributed by atoms with Gasteiger partial charge in [-0.15, -0.1) is 0 Å². The van der Waals surface area contributed by atoms with Gasteiger partial charge in [0.15, 0.2) is 0 Å². The summed E-state index contributed by atoms with van der Waals surface area (Å²) in [6.45, 7) is 6.83. The first kappa shape index (κ1) is 25.5. The molecule has 4 rings (SSSR count). The molecule has 1 aromatic heterocycles. The maximum absolute atomic E-state index is 12.7. The van der Waals surface area contributed by atoms with E-state index >= 15 is 0 Å². The summed E-state index contributed by atoms with van der Waals surface area (Å²) in [5, 5.41) is 0. The molecule has 0 radical (unpaired) electrons. The average molecular weight is 470 g/mol. The lowest BCUT2D eigenvalue weighted by atomic mass is 9.97. The molecular weight excluding hydrogens is 430 g/mol. The first-order chi connectivity index (χ1) is 16.1. The number of carbonyl (C=O) groups is 1. The minimum atomic E-state index is 0.186. The van der Waals surface area contributed by atoms with E-state index in [1.54, 1.807) is 6.26 Å². The topological polar surface area (TPSA) is 75.4 Å². The van der Waals surface area contributed by atoms with Crippen molar-refractivity contribution in [2.45, 2.75) is 71.0 Å². The van der Waals surface area contributed by atoms with Gasteiger partial charge in [0, 0.05) is 48.9 Å². The molecule has 2 aromatic rings. The van der Waals surface area contributed by atoms with Crippen molar-refractivity contribution in [3.8, 4) is 11.3 Å². The summed E-state index contributed by atoms with van der Waals surface area (Å²) < 4.78 is 0. The Labute approximate surface area is 204 Å². The number of nitrogens with two attached hydrogens (primary N) is 1. The third-order valence-electron chi connectivity index (χ3n) is 6.85. The second-order valence-electron chi connectivity index (χ2n) is 8.99. The normalized spacial score (nSPS) is 16.6. The molecule has 6 nitrogen and oxygen atoms in total. The van der Waals surface area contributed by atoms with Gasteiger partial charge in [0.05, 0.1) is 23.8 Å². The number of nitrogens with zero attached hydrogens (tertiary/aromatic N) is 4. The van der Waals surface area contributed by atoms with Crippen LogP contribution in [0, 0.1) is 5.92 Å². The highest BCUT2D eigenvalue weighted by Crippen LogP contribution is 2.33. The molecule has 180 valence electrons. The van der Waals surface area contributed by atoms with E-state index in [2.05, 4.69) is 41.3 Å². The summed E-state index contributed by atoms with van der Waals surface area (Å²) in [7, 11) is 0. The summed E-state index contributed by atoms with van der Waals surface area (Å²) in [4.78, 5) is 26.8. The van der Waals surface area contributed by atoms with Crippen molar-refractivity contribution >= 4 is 24.2 Å². The van der Waals surface area contributed by atoms with E-state index in [0.717, 1.165) is 68.0 Å². The third kappa shape index (κ3) is 6.70. The van der Waals surface area contributed by atoms with Crippen LogP contribution in [0.4, 0.5) is 5.69 Å². The minimum Gasteiger partial charge on any atom is -0.399 e. The number of nitrogen functional groups attached to an aromatic ring is 1. The molecule has 0 atom stereocenters. The number of anilines is 1. The largest absolute Gasteiger partial charge is 0.399 e. The van der Waals surface area contributed by atoms with Crippen molar-refractivity contribution in [3.05, 3.63) is 42.4 Å². The molecule has 0 unspecified atom stereocenters. The Balaban J connectivity index is 0.00000149. The standard InChI is InChI=1S/C25H35N5O.CH4S/c1-3-18(4-2)25(31)29-13-11-23(12-14-29)30(22-9-10-22)17-21-15-28-24(16-27-21)19-5-7-20(26)8-6-19;1-2/h5-8,15-16,18,22-23H,3-4,9-14,17,26H2,1-2H3;2H,1H3. The first-order valence-electron chi connectivity index (χ1n) is 12.2. The van der Waals surface area contributed by atoms with Gasteiger partial charge in [-0.25, -0.2) is 0 Å². The van der Waals surface area contributed by atoms with Gasteiger partial charge < -0.3 is 10.6 Å². The number of likely N-dealkylation sites (tertiary alicyclic amines) is 1. The molecule has 33 heavy (non-hydrogen) atoms. The summed E-state index contributed by atoms with van der Waals surface area (Å²) in [5.74, 6) is 0.538. The summed E-state index contributed by atoms with van der Waals surface area (Å²) in [6.07, 6.45) is 12.0. The molecular formula is C26H39N5OS. The van der Waals surface area contributed by atoms with Gasteiger partial charge >= 0.3 is 0 Å². The zero-order valence-electron chi connectivity index (χ0n) is 20.3. The van der Waals surface area contributed by atoms with Crippen molar-refractivity contribution in [1.29, 1.82) is 0 Å². The molecule has 2 aliphatic rings. The SMILES string of the molecule is CCC(CC)C(=O)N1CCC(N(Cc2cnc(-c3ccc(N)cc3)cn2)C2CC2)CC1.CS. The molecule has 0 bridgehead atoms. The highest BCUT2D eigenvalue weighted by atomic mass is 32.1. The maximum atomic E-state index is 12.7. The zero-order valence-corrected chi connectivity index (χ0v) is 21.2. The molecule has 7 heteroatoms. The number of amides is 1. The molecule has 0 spiro atoms. The molecule has 1 aromatic carbocycles. The lowest BCUT2D eigenvalue weighted by molar-refractivity contribution is -0.137. The molecule has 1 aliphatic carbocycles. The van der Waals surface area contributed by atoms with Gasteiger partial charge in [-0.2, -0.15) is 12.6 Å². The number of piperidine rings is 1. The predicted octanol–water partition coefficient (Wildman–Crippen LogP) is 4.66. The Kier molecular flexibility index (Phi) is 9.56. The van der Waals surface area contributed by atoms with Crippen molar-refractivity contribution in [1.82, 2.24) is 19.8 Å². The van der Waals surface area contributed by atoms with Crippen LogP contribution in [0.2, 0.25) is 0 Å². The van der Waals surface area contributed by atoms with Gasteiger partial charge in [-0.05, 0) is 56.9 Å². The second-order valence-corrected chi connectivity index (χ2v) is 8.99. The average Bonchev–Trinajstić information content (AvgIpc) is 3.71. The van der Waals surface area contributed by atoms with E-state index < -0.39 is 0 Å². The number of carbonyl (C=O) groups excluding carboxylic acids is 1. The smallest absolute Gasteiger partial charge is 0.225 e. The second kappa shape index (κ2) is 12.4. The van der Waals surface area contributed by atoms with Gasteiger partial charge in [-0.1, -0.05) is 26.0 Å². The monoisotopic (exact) mass is 469 g/mol. The van der Waals surface area contributed by atoms with Crippen molar-refractivity contribution in [2.24, 2.45) is 5.92 Å².